The van der Waals surface area contributed by atoms with Crippen LogP contribution in [0.15, 0.2) is 0 Å². The molecule has 4 aliphatic heterocycles. The Balaban J connectivity index is 1.88. The monoisotopic (exact) mass is 197 g/mol. The molecule has 4 N–H and O–H groups in total. The quantitative estimate of drug-likeness (QED) is 0.491. The molecule has 0 aromatic heterocycles. The fraction of sp³-hybridized carbons (Fsp3) is 1.00. The van der Waals surface area contributed by atoms with E-state index >= 15 is 0 Å². The van der Waals surface area contributed by atoms with Gasteiger partial charge < -0.3 is 21.1 Å². The van der Waals surface area contributed by atoms with Crippen LogP contribution in [0.4, 0.5) is 0 Å². The van der Waals surface area contributed by atoms with E-state index in [0.717, 1.165) is 6.54 Å². The predicted molar refractivity (Wildman–Crippen MR) is 53.9 cm³/mol. The zero-order chi connectivity index (χ0) is 9.81. The van der Waals surface area contributed by atoms with E-state index in [2.05, 4.69) is 10.2 Å². The highest BCUT2D eigenvalue weighted by Gasteiger charge is 2.58. The molecule has 2 bridgehead atoms. The third kappa shape index (κ3) is 0.972. The summed E-state index contributed by atoms with van der Waals surface area (Å²) in [6.45, 7) is 4.58. The van der Waals surface area contributed by atoms with Crippen molar-refractivity contribution in [1.29, 1.82) is 0 Å². The average molecular weight is 197 g/mol. The minimum atomic E-state index is -0.642. The minimum absolute atomic E-state index is 0.352. The Morgan fingerprint density at radius 2 is 1.93 bits per heavy atom. The van der Waals surface area contributed by atoms with Crippen molar-refractivity contribution in [3.05, 3.63) is 0 Å². The van der Waals surface area contributed by atoms with E-state index in [1.54, 1.807) is 0 Å². The first-order chi connectivity index (χ1) is 6.64. The number of nitrogens with two attached hydrogens (primary N) is 1. The van der Waals surface area contributed by atoms with Crippen LogP contribution >= 0.6 is 0 Å². The third-order valence-electron chi connectivity index (χ3n) is 4.50. The normalized spacial score (nSPS) is 50.1. The van der Waals surface area contributed by atoms with Crippen LogP contribution in [0.3, 0.4) is 0 Å². The van der Waals surface area contributed by atoms with E-state index in [9.17, 15) is 5.11 Å². The molecule has 80 valence electrons. The van der Waals surface area contributed by atoms with E-state index < -0.39 is 5.60 Å². The van der Waals surface area contributed by atoms with Gasteiger partial charge in [-0.2, -0.15) is 0 Å². The molecular weight excluding hydrogens is 178 g/mol. The van der Waals surface area contributed by atoms with Gasteiger partial charge in [-0.3, -0.25) is 0 Å². The Kier molecular flexibility index (Phi) is 1.75. The van der Waals surface area contributed by atoms with Gasteiger partial charge in [0.2, 0.25) is 0 Å². The molecule has 4 nitrogen and oxygen atoms in total. The van der Waals surface area contributed by atoms with Crippen LogP contribution in [0.2, 0.25) is 0 Å². The van der Waals surface area contributed by atoms with Crippen molar-refractivity contribution in [3.8, 4) is 0 Å². The summed E-state index contributed by atoms with van der Waals surface area (Å²) in [5, 5.41) is 13.5. The molecule has 4 saturated heterocycles. The number of aliphatic hydroxyl groups is 1. The molecule has 0 saturated carbocycles. The second-order valence-corrected chi connectivity index (χ2v) is 5.23. The SMILES string of the molecule is NC1(C2(O)CNC2)CN2CCC1CC2. The van der Waals surface area contributed by atoms with Crippen LogP contribution in [0, 0.1) is 5.92 Å². The van der Waals surface area contributed by atoms with Crippen molar-refractivity contribution in [1.82, 2.24) is 10.2 Å². The van der Waals surface area contributed by atoms with Crippen LogP contribution in [0.5, 0.6) is 0 Å². The summed E-state index contributed by atoms with van der Waals surface area (Å²) in [7, 11) is 0. The highest BCUT2D eigenvalue weighted by Crippen LogP contribution is 2.41. The number of β-amino-alcohol motifs (C(OH)–C–C–N with tert-alkyl or cyclic N) is 1. The Bertz CT molecular complexity index is 246. The van der Waals surface area contributed by atoms with Gasteiger partial charge in [-0.1, -0.05) is 0 Å². The number of fused-ring (bicyclic) bond motifs is 3. The molecule has 0 spiro atoms. The standard InChI is InChI=1S/C10H19N3O/c11-10(9(14)5-12-6-9)7-13-3-1-8(10)2-4-13/h8,12,14H,1-7,11H2. The molecule has 1 unspecified atom stereocenters. The summed E-state index contributed by atoms with van der Waals surface area (Å²) in [5.41, 5.74) is 5.46. The van der Waals surface area contributed by atoms with Gasteiger partial charge in [-0.15, -0.1) is 0 Å². The van der Waals surface area contributed by atoms with Crippen LogP contribution in [0.1, 0.15) is 12.8 Å². The number of hydrogen-bond acceptors (Lipinski definition) is 4. The summed E-state index contributed by atoms with van der Waals surface area (Å²) < 4.78 is 0. The van der Waals surface area contributed by atoms with Gasteiger partial charge in [0.1, 0.15) is 5.60 Å². The maximum atomic E-state index is 10.4. The van der Waals surface area contributed by atoms with Gasteiger partial charge in [0.15, 0.2) is 0 Å². The highest BCUT2D eigenvalue weighted by atomic mass is 16.3. The van der Waals surface area contributed by atoms with Crippen LogP contribution in [0.25, 0.3) is 0 Å². The Labute approximate surface area is 84.5 Å². The largest absolute Gasteiger partial charge is 0.385 e. The van der Waals surface area contributed by atoms with Gasteiger partial charge in [0.25, 0.3) is 0 Å². The molecule has 0 aromatic rings. The van der Waals surface area contributed by atoms with E-state index in [0.29, 0.717) is 19.0 Å². The first-order valence-electron chi connectivity index (χ1n) is 5.58. The zero-order valence-electron chi connectivity index (χ0n) is 8.50. The Morgan fingerprint density at radius 3 is 2.29 bits per heavy atom. The number of piperidine rings is 3. The maximum absolute atomic E-state index is 10.4. The van der Waals surface area contributed by atoms with E-state index in [4.69, 9.17) is 5.73 Å². The number of rotatable bonds is 1. The third-order valence-corrected chi connectivity index (χ3v) is 4.50. The molecule has 4 aliphatic rings. The van der Waals surface area contributed by atoms with Crippen molar-refractivity contribution < 1.29 is 5.11 Å². The molecule has 14 heavy (non-hydrogen) atoms. The molecule has 0 aromatic carbocycles. The van der Waals surface area contributed by atoms with Crippen LogP contribution in [-0.2, 0) is 0 Å². The van der Waals surface area contributed by atoms with Crippen molar-refractivity contribution in [2.45, 2.75) is 24.0 Å². The summed E-state index contributed by atoms with van der Waals surface area (Å²) >= 11 is 0. The molecule has 4 heteroatoms. The number of hydrogen-bond donors (Lipinski definition) is 3. The van der Waals surface area contributed by atoms with Crippen molar-refractivity contribution in [2.24, 2.45) is 11.7 Å². The van der Waals surface area contributed by atoms with E-state index in [1.807, 2.05) is 0 Å². The first kappa shape index (κ1) is 9.09. The summed E-state index contributed by atoms with van der Waals surface area (Å²) in [4.78, 5) is 2.40. The Morgan fingerprint density at radius 1 is 1.29 bits per heavy atom. The molecule has 1 atom stereocenters. The van der Waals surface area contributed by atoms with Gasteiger partial charge in [0.05, 0.1) is 5.54 Å². The van der Waals surface area contributed by atoms with Crippen molar-refractivity contribution >= 4 is 0 Å². The van der Waals surface area contributed by atoms with Crippen LogP contribution in [-0.4, -0.2) is 53.9 Å². The fourth-order valence-corrected chi connectivity index (χ4v) is 3.32. The molecular formula is C10H19N3O. The zero-order valence-corrected chi connectivity index (χ0v) is 8.50. The predicted octanol–water partition coefficient (Wildman–Crippen LogP) is -1.26. The van der Waals surface area contributed by atoms with Gasteiger partial charge >= 0.3 is 0 Å². The second kappa shape index (κ2) is 2.70. The number of nitrogens with zero attached hydrogens (tertiary/aromatic N) is 1. The smallest absolute Gasteiger partial charge is 0.109 e. The molecule has 4 fully saturated rings. The lowest BCUT2D eigenvalue weighted by Gasteiger charge is -2.60. The van der Waals surface area contributed by atoms with Gasteiger partial charge in [0, 0.05) is 19.6 Å². The van der Waals surface area contributed by atoms with Crippen LogP contribution < -0.4 is 11.1 Å². The lowest BCUT2D eigenvalue weighted by atomic mass is 9.62. The first-order valence-corrected chi connectivity index (χ1v) is 5.58. The summed E-state index contributed by atoms with van der Waals surface area (Å²) in [6, 6.07) is 0. The Hall–Kier alpha value is -0.160. The lowest BCUT2D eigenvalue weighted by Crippen LogP contribution is -2.82. The van der Waals surface area contributed by atoms with Crippen molar-refractivity contribution in [3.63, 3.8) is 0 Å². The van der Waals surface area contributed by atoms with E-state index in [-0.39, 0.29) is 5.54 Å². The lowest BCUT2D eigenvalue weighted by molar-refractivity contribution is -0.139. The van der Waals surface area contributed by atoms with Crippen molar-refractivity contribution in [2.75, 3.05) is 32.7 Å². The van der Waals surface area contributed by atoms with Gasteiger partial charge in [-0.25, -0.2) is 0 Å². The molecule has 0 radical (unpaired) electrons. The summed E-state index contributed by atoms with van der Waals surface area (Å²) in [6.07, 6.45) is 2.33. The molecule has 0 amide bonds. The fourth-order valence-electron chi connectivity index (χ4n) is 3.32. The maximum Gasteiger partial charge on any atom is 0.109 e. The highest BCUT2D eigenvalue weighted by molar-refractivity contribution is 5.18. The number of nitrogens with one attached hydrogen (secondary N) is 1. The van der Waals surface area contributed by atoms with E-state index in [1.165, 1.54) is 25.9 Å². The molecule has 0 aliphatic carbocycles. The molecule has 4 rings (SSSR count). The second-order valence-electron chi connectivity index (χ2n) is 5.23. The average Bonchev–Trinajstić information content (AvgIpc) is 2.15. The minimum Gasteiger partial charge on any atom is -0.385 e. The van der Waals surface area contributed by atoms with Gasteiger partial charge in [-0.05, 0) is 31.8 Å². The topological polar surface area (TPSA) is 61.5 Å². The molecule has 4 heterocycles. The summed E-state index contributed by atoms with van der Waals surface area (Å²) in [5.74, 6) is 0.527.